The third kappa shape index (κ3) is 5.37. The fraction of sp³-hybridized carbons (Fsp3) is 0.217. The lowest BCUT2D eigenvalue weighted by atomic mass is 10.1. The van der Waals surface area contributed by atoms with Crippen molar-refractivity contribution in [2.45, 2.75) is 19.4 Å². The number of carbonyl (C=O) groups excluding carboxylic acids is 2. The molecular weight excluding hydrogens is 411 g/mol. The van der Waals surface area contributed by atoms with Gasteiger partial charge in [0.05, 0.1) is 0 Å². The van der Waals surface area contributed by atoms with Crippen LogP contribution >= 0.6 is 0 Å². The maximum Gasteiger partial charge on any atom is 0.319 e. The Hall–Kier alpha value is -4.01. The van der Waals surface area contributed by atoms with Crippen molar-refractivity contribution >= 4 is 35.0 Å². The molecule has 164 valence electrons. The van der Waals surface area contributed by atoms with E-state index in [0.717, 1.165) is 18.8 Å². The Bertz CT molecular complexity index is 1120. The minimum atomic E-state index is -0.320. The van der Waals surface area contributed by atoms with Gasteiger partial charge in [-0.05, 0) is 55.8 Å². The van der Waals surface area contributed by atoms with Gasteiger partial charge >= 0.3 is 6.03 Å². The molecule has 2 heterocycles. The van der Waals surface area contributed by atoms with E-state index >= 15 is 0 Å². The molecule has 0 unspecified atom stereocenters. The number of rotatable bonds is 6. The summed E-state index contributed by atoms with van der Waals surface area (Å²) in [6.07, 6.45) is 2.43. The van der Waals surface area contributed by atoms with Crippen molar-refractivity contribution in [3.8, 4) is 0 Å². The maximum atomic E-state index is 13.1. The van der Waals surface area contributed by atoms with Crippen LogP contribution in [0.15, 0.2) is 60.8 Å². The van der Waals surface area contributed by atoms with Gasteiger partial charge in [-0.2, -0.15) is 4.98 Å². The number of halogens is 1. The van der Waals surface area contributed by atoms with Crippen molar-refractivity contribution in [3.63, 3.8) is 0 Å². The van der Waals surface area contributed by atoms with Crippen molar-refractivity contribution in [3.05, 3.63) is 72.2 Å². The van der Waals surface area contributed by atoms with E-state index in [2.05, 4.69) is 30.8 Å². The first-order valence-electron chi connectivity index (χ1n) is 10.3. The quantitative estimate of drug-likeness (QED) is 0.508. The second-order valence-electron chi connectivity index (χ2n) is 7.54. The summed E-state index contributed by atoms with van der Waals surface area (Å²) in [5.74, 6) is 0.784. The zero-order valence-corrected chi connectivity index (χ0v) is 17.5. The standard InChI is InChI=1S/C23H23FN6O2/c1-15(31)16-3-2-4-19(13-16)27-23(32)28-20-10-12-30(14-20)21-9-11-25-22(29-21)26-18-7-5-17(24)6-8-18/h2-9,11,13,20H,10,12,14H2,1H3,(H,25,26,29)(H2,27,28,32)/t20-/m1/s1. The predicted octanol–water partition coefficient (Wildman–Crippen LogP) is 3.96. The molecule has 4 rings (SSSR count). The summed E-state index contributed by atoms with van der Waals surface area (Å²) in [5, 5.41) is 8.80. The molecule has 2 aromatic carbocycles. The fourth-order valence-electron chi connectivity index (χ4n) is 3.50. The van der Waals surface area contributed by atoms with Crippen molar-refractivity contribution in [1.29, 1.82) is 0 Å². The summed E-state index contributed by atoms with van der Waals surface area (Å²) in [7, 11) is 0. The van der Waals surface area contributed by atoms with Crippen molar-refractivity contribution in [2.75, 3.05) is 28.6 Å². The van der Waals surface area contributed by atoms with E-state index in [1.165, 1.54) is 19.1 Å². The summed E-state index contributed by atoms with van der Waals surface area (Å²) in [6.45, 7) is 2.83. The molecule has 1 saturated heterocycles. The highest BCUT2D eigenvalue weighted by molar-refractivity contribution is 5.96. The molecule has 1 aromatic heterocycles. The summed E-state index contributed by atoms with van der Waals surface area (Å²) < 4.78 is 13.1. The molecule has 1 atom stereocenters. The Kier molecular flexibility index (Phi) is 6.25. The Balaban J connectivity index is 1.33. The number of carbonyl (C=O) groups is 2. The highest BCUT2D eigenvalue weighted by Crippen LogP contribution is 2.21. The van der Waals surface area contributed by atoms with Crippen LogP contribution in [0.5, 0.6) is 0 Å². The molecule has 0 aliphatic carbocycles. The lowest BCUT2D eigenvalue weighted by Gasteiger charge is -2.19. The van der Waals surface area contributed by atoms with Crippen LogP contribution in [0.4, 0.5) is 32.3 Å². The maximum absolute atomic E-state index is 13.1. The van der Waals surface area contributed by atoms with Crippen LogP contribution < -0.4 is 20.9 Å². The van der Waals surface area contributed by atoms with Gasteiger partial charge in [-0.15, -0.1) is 0 Å². The third-order valence-electron chi connectivity index (χ3n) is 5.12. The molecular formula is C23H23FN6O2. The first-order valence-corrected chi connectivity index (χ1v) is 10.3. The van der Waals surface area contributed by atoms with Gasteiger partial charge in [0.1, 0.15) is 11.6 Å². The molecule has 0 radical (unpaired) electrons. The van der Waals surface area contributed by atoms with Crippen LogP contribution in [0, 0.1) is 5.82 Å². The van der Waals surface area contributed by atoms with Crippen LogP contribution in [0.1, 0.15) is 23.7 Å². The molecule has 1 aliphatic heterocycles. The van der Waals surface area contributed by atoms with Gasteiger partial charge in [0, 0.05) is 42.3 Å². The molecule has 0 saturated carbocycles. The number of nitrogens with zero attached hydrogens (tertiary/aromatic N) is 3. The molecule has 9 heteroatoms. The highest BCUT2D eigenvalue weighted by atomic mass is 19.1. The average Bonchev–Trinajstić information content (AvgIpc) is 3.24. The summed E-state index contributed by atoms with van der Waals surface area (Å²) in [4.78, 5) is 34.7. The summed E-state index contributed by atoms with van der Waals surface area (Å²) in [6, 6.07) is 14.2. The Labute approximate surface area is 184 Å². The molecule has 1 aliphatic rings. The lowest BCUT2D eigenvalue weighted by molar-refractivity contribution is 0.101. The number of ketones is 1. The van der Waals surface area contributed by atoms with Gasteiger partial charge in [0.2, 0.25) is 5.95 Å². The van der Waals surface area contributed by atoms with Crippen molar-refractivity contribution < 1.29 is 14.0 Å². The predicted molar refractivity (Wildman–Crippen MR) is 121 cm³/mol. The Morgan fingerprint density at radius 2 is 1.91 bits per heavy atom. The molecule has 0 spiro atoms. The van der Waals surface area contributed by atoms with Crippen molar-refractivity contribution in [2.24, 2.45) is 0 Å². The minimum absolute atomic E-state index is 0.0468. The largest absolute Gasteiger partial charge is 0.354 e. The van der Waals surface area contributed by atoms with Gasteiger partial charge in [-0.3, -0.25) is 4.79 Å². The van der Waals surface area contributed by atoms with Crippen LogP contribution in [-0.4, -0.2) is 40.9 Å². The zero-order chi connectivity index (χ0) is 22.5. The molecule has 0 bridgehead atoms. The van der Waals surface area contributed by atoms with E-state index in [0.29, 0.717) is 29.4 Å². The topological polar surface area (TPSA) is 99.3 Å². The lowest BCUT2D eigenvalue weighted by Crippen LogP contribution is -2.39. The van der Waals surface area contributed by atoms with Gasteiger partial charge < -0.3 is 20.9 Å². The average molecular weight is 434 g/mol. The van der Waals surface area contributed by atoms with Gasteiger partial charge in [0.15, 0.2) is 5.78 Å². The third-order valence-corrected chi connectivity index (χ3v) is 5.12. The monoisotopic (exact) mass is 434 g/mol. The zero-order valence-electron chi connectivity index (χ0n) is 17.5. The van der Waals surface area contributed by atoms with E-state index in [4.69, 9.17) is 0 Å². The molecule has 3 N–H and O–H groups in total. The highest BCUT2D eigenvalue weighted by Gasteiger charge is 2.25. The number of Topliss-reactive ketones (excluding diaryl/α,β-unsaturated/α-hetero) is 1. The van der Waals surface area contributed by atoms with Crippen LogP contribution in [0.25, 0.3) is 0 Å². The fourth-order valence-corrected chi connectivity index (χ4v) is 3.50. The molecule has 32 heavy (non-hydrogen) atoms. The smallest absolute Gasteiger partial charge is 0.319 e. The second-order valence-corrected chi connectivity index (χ2v) is 7.54. The molecule has 3 aromatic rings. The number of hydrogen-bond donors (Lipinski definition) is 3. The van der Waals surface area contributed by atoms with Crippen LogP contribution in [0.2, 0.25) is 0 Å². The number of aromatic nitrogens is 2. The van der Waals surface area contributed by atoms with E-state index in [1.54, 1.807) is 42.6 Å². The second kappa shape index (κ2) is 9.42. The summed E-state index contributed by atoms with van der Waals surface area (Å²) in [5.41, 5.74) is 1.80. The molecule has 8 nitrogen and oxygen atoms in total. The van der Waals surface area contributed by atoms with E-state index < -0.39 is 0 Å². The number of hydrogen-bond acceptors (Lipinski definition) is 6. The number of benzene rings is 2. The summed E-state index contributed by atoms with van der Waals surface area (Å²) >= 11 is 0. The normalized spacial score (nSPS) is 15.3. The molecule has 2 amide bonds. The van der Waals surface area contributed by atoms with Crippen molar-refractivity contribution in [1.82, 2.24) is 15.3 Å². The van der Waals surface area contributed by atoms with Gasteiger partial charge in [-0.25, -0.2) is 14.2 Å². The number of urea groups is 1. The van der Waals surface area contributed by atoms with E-state index in [-0.39, 0.29) is 23.7 Å². The Morgan fingerprint density at radius 1 is 1.09 bits per heavy atom. The SMILES string of the molecule is CC(=O)c1cccc(NC(=O)N[C@@H]2CCN(c3ccnc(Nc4ccc(F)cc4)n3)C2)c1. The van der Waals surface area contributed by atoms with Crippen LogP contribution in [0.3, 0.4) is 0 Å². The number of amides is 2. The van der Waals surface area contributed by atoms with E-state index in [9.17, 15) is 14.0 Å². The van der Waals surface area contributed by atoms with Gasteiger partial charge in [-0.1, -0.05) is 12.1 Å². The first kappa shape index (κ1) is 21.2. The minimum Gasteiger partial charge on any atom is -0.354 e. The first-order chi connectivity index (χ1) is 15.5. The molecule has 1 fully saturated rings. The number of nitrogens with one attached hydrogen (secondary N) is 3. The van der Waals surface area contributed by atoms with Crippen LogP contribution in [-0.2, 0) is 0 Å². The van der Waals surface area contributed by atoms with E-state index in [1.807, 2.05) is 6.07 Å². The Morgan fingerprint density at radius 3 is 2.69 bits per heavy atom. The number of anilines is 4. The van der Waals surface area contributed by atoms with Gasteiger partial charge in [0.25, 0.3) is 0 Å².